The van der Waals surface area contributed by atoms with E-state index in [1.165, 1.54) is 11.3 Å². The van der Waals surface area contributed by atoms with Crippen LogP contribution in [0.4, 0.5) is 11.5 Å². The molecule has 0 aliphatic heterocycles. The first-order valence-corrected chi connectivity index (χ1v) is 8.22. The van der Waals surface area contributed by atoms with Crippen molar-refractivity contribution in [3.05, 3.63) is 34.4 Å². The van der Waals surface area contributed by atoms with Crippen LogP contribution in [0.1, 0.15) is 29.3 Å². The van der Waals surface area contributed by atoms with Gasteiger partial charge in [-0.05, 0) is 32.5 Å². The topological polar surface area (TPSA) is 84.1 Å². The summed E-state index contributed by atoms with van der Waals surface area (Å²) in [6, 6.07) is 3.76. The minimum absolute atomic E-state index is 0.225. The number of nitrogens with two attached hydrogens (primary N) is 1. The van der Waals surface area contributed by atoms with Crippen molar-refractivity contribution in [3.8, 4) is 0 Å². The van der Waals surface area contributed by atoms with Gasteiger partial charge in [0, 0.05) is 24.9 Å². The van der Waals surface area contributed by atoms with E-state index in [1.54, 1.807) is 11.6 Å². The van der Waals surface area contributed by atoms with E-state index in [-0.39, 0.29) is 5.91 Å². The molecule has 0 unspecified atom stereocenters. The lowest BCUT2D eigenvalue weighted by molar-refractivity contribution is 0.102. The molecule has 0 aromatic carbocycles. The van der Waals surface area contributed by atoms with Crippen LogP contribution in [-0.4, -0.2) is 35.5 Å². The summed E-state index contributed by atoms with van der Waals surface area (Å²) in [6.07, 6.45) is 2.36. The molecular weight excluding hydrogens is 298 g/mol. The van der Waals surface area contributed by atoms with Gasteiger partial charge in [-0.1, -0.05) is 0 Å². The van der Waals surface area contributed by atoms with Crippen LogP contribution >= 0.6 is 11.3 Å². The zero-order valence-electron chi connectivity index (χ0n) is 12.9. The van der Waals surface area contributed by atoms with Crippen LogP contribution in [0.3, 0.4) is 0 Å². The molecule has 0 fully saturated rings. The molecule has 1 amide bonds. The standard InChI is InChI=1S/C15H21N5OS/c1-3-20(4-2)13-6-5-11(9-17-13)18-15(21)12-10-22-14(19-12)7-8-16/h5-6,9-10H,3-4,7-8,16H2,1-2H3,(H,18,21). The minimum Gasteiger partial charge on any atom is -0.357 e. The molecule has 3 N–H and O–H groups in total. The van der Waals surface area contributed by atoms with Gasteiger partial charge in [-0.2, -0.15) is 0 Å². The van der Waals surface area contributed by atoms with Crippen LogP contribution in [0.15, 0.2) is 23.7 Å². The van der Waals surface area contributed by atoms with Gasteiger partial charge in [0.1, 0.15) is 11.5 Å². The molecule has 2 rings (SSSR count). The number of pyridine rings is 1. The van der Waals surface area contributed by atoms with Gasteiger partial charge in [0.05, 0.1) is 16.9 Å². The highest BCUT2D eigenvalue weighted by Gasteiger charge is 2.11. The Bertz CT molecular complexity index is 607. The summed E-state index contributed by atoms with van der Waals surface area (Å²) in [5.74, 6) is 0.679. The Hall–Kier alpha value is -1.99. The molecule has 0 atom stereocenters. The maximum absolute atomic E-state index is 12.1. The van der Waals surface area contributed by atoms with Crippen molar-refractivity contribution in [2.45, 2.75) is 20.3 Å². The second-order valence-electron chi connectivity index (χ2n) is 4.70. The zero-order valence-corrected chi connectivity index (χ0v) is 13.7. The van der Waals surface area contributed by atoms with Crippen LogP contribution in [0.5, 0.6) is 0 Å². The van der Waals surface area contributed by atoms with E-state index in [1.807, 2.05) is 12.1 Å². The quantitative estimate of drug-likeness (QED) is 0.817. The second-order valence-corrected chi connectivity index (χ2v) is 5.64. The minimum atomic E-state index is -0.225. The third kappa shape index (κ3) is 4.02. The number of amides is 1. The lowest BCUT2D eigenvalue weighted by atomic mass is 10.3. The van der Waals surface area contributed by atoms with Gasteiger partial charge in [-0.25, -0.2) is 9.97 Å². The van der Waals surface area contributed by atoms with E-state index in [9.17, 15) is 4.79 Å². The van der Waals surface area contributed by atoms with Crippen LogP contribution in [0, 0.1) is 0 Å². The summed E-state index contributed by atoms with van der Waals surface area (Å²) in [5.41, 5.74) is 6.56. The van der Waals surface area contributed by atoms with Gasteiger partial charge in [-0.15, -0.1) is 11.3 Å². The number of carbonyl (C=O) groups excluding carboxylic acids is 1. The molecular formula is C15H21N5OS. The smallest absolute Gasteiger partial charge is 0.275 e. The van der Waals surface area contributed by atoms with E-state index in [2.05, 4.69) is 34.0 Å². The second kappa shape index (κ2) is 7.86. The predicted molar refractivity (Wildman–Crippen MR) is 90.6 cm³/mol. The number of aromatic nitrogens is 2. The molecule has 2 aromatic heterocycles. The van der Waals surface area contributed by atoms with Gasteiger partial charge < -0.3 is 16.0 Å². The van der Waals surface area contributed by atoms with Crippen molar-refractivity contribution >= 4 is 28.7 Å². The lowest BCUT2D eigenvalue weighted by Crippen LogP contribution is -2.22. The fourth-order valence-electron chi connectivity index (χ4n) is 2.04. The molecule has 0 bridgehead atoms. The maximum Gasteiger partial charge on any atom is 0.275 e. The molecule has 0 saturated heterocycles. The fraction of sp³-hybridized carbons (Fsp3) is 0.400. The van der Waals surface area contributed by atoms with Gasteiger partial charge in [0.2, 0.25) is 0 Å². The van der Waals surface area contributed by atoms with Crippen molar-refractivity contribution in [1.29, 1.82) is 0 Å². The number of nitrogens with one attached hydrogen (secondary N) is 1. The third-order valence-corrected chi connectivity index (χ3v) is 4.14. The average molecular weight is 319 g/mol. The first-order chi connectivity index (χ1) is 10.7. The van der Waals surface area contributed by atoms with Crippen molar-refractivity contribution in [3.63, 3.8) is 0 Å². The largest absolute Gasteiger partial charge is 0.357 e. The number of nitrogens with zero attached hydrogens (tertiary/aromatic N) is 3. The molecule has 6 nitrogen and oxygen atoms in total. The molecule has 0 aliphatic carbocycles. The summed E-state index contributed by atoms with van der Waals surface area (Å²) in [6.45, 7) is 6.51. The number of carbonyl (C=O) groups is 1. The monoisotopic (exact) mass is 319 g/mol. The number of thiazole rings is 1. The summed E-state index contributed by atoms with van der Waals surface area (Å²) in [4.78, 5) is 22.9. The molecule has 0 radical (unpaired) electrons. The molecule has 0 aliphatic rings. The summed E-state index contributed by atoms with van der Waals surface area (Å²) in [5, 5.41) is 5.43. The first kappa shape index (κ1) is 16.4. The fourth-order valence-corrected chi connectivity index (χ4v) is 2.84. The number of hydrogen-bond acceptors (Lipinski definition) is 6. The van der Waals surface area contributed by atoms with Gasteiger partial charge in [-0.3, -0.25) is 4.79 Å². The highest BCUT2D eigenvalue weighted by molar-refractivity contribution is 7.09. The van der Waals surface area contributed by atoms with E-state index in [0.717, 1.165) is 23.9 Å². The molecule has 7 heteroatoms. The zero-order chi connectivity index (χ0) is 15.9. The lowest BCUT2D eigenvalue weighted by Gasteiger charge is -2.19. The Morgan fingerprint density at radius 3 is 2.73 bits per heavy atom. The van der Waals surface area contributed by atoms with Crippen molar-refractivity contribution in [2.24, 2.45) is 5.73 Å². The predicted octanol–water partition coefficient (Wildman–Crippen LogP) is 2.14. The molecule has 0 saturated carbocycles. The SMILES string of the molecule is CCN(CC)c1ccc(NC(=O)c2csc(CCN)n2)cn1. The van der Waals surface area contributed by atoms with Crippen LogP contribution < -0.4 is 16.0 Å². The normalized spacial score (nSPS) is 10.5. The molecule has 2 heterocycles. The van der Waals surface area contributed by atoms with Crippen LogP contribution in [0.25, 0.3) is 0 Å². The Kier molecular flexibility index (Phi) is 5.85. The molecule has 22 heavy (non-hydrogen) atoms. The number of rotatable bonds is 7. The average Bonchev–Trinajstić information content (AvgIpc) is 2.99. The molecule has 118 valence electrons. The summed E-state index contributed by atoms with van der Waals surface area (Å²) in [7, 11) is 0. The Balaban J connectivity index is 2.01. The van der Waals surface area contributed by atoms with E-state index >= 15 is 0 Å². The van der Waals surface area contributed by atoms with E-state index < -0.39 is 0 Å². The van der Waals surface area contributed by atoms with Gasteiger partial charge >= 0.3 is 0 Å². The van der Waals surface area contributed by atoms with Gasteiger partial charge in [0.15, 0.2) is 0 Å². The first-order valence-electron chi connectivity index (χ1n) is 7.34. The van der Waals surface area contributed by atoms with Crippen molar-refractivity contribution < 1.29 is 4.79 Å². The molecule has 2 aromatic rings. The Labute approximate surface area is 134 Å². The number of hydrogen-bond donors (Lipinski definition) is 2. The summed E-state index contributed by atoms with van der Waals surface area (Å²) < 4.78 is 0. The highest BCUT2D eigenvalue weighted by Crippen LogP contribution is 2.16. The highest BCUT2D eigenvalue weighted by atomic mass is 32.1. The van der Waals surface area contributed by atoms with Crippen LogP contribution in [0.2, 0.25) is 0 Å². The Morgan fingerprint density at radius 1 is 1.36 bits per heavy atom. The Morgan fingerprint density at radius 2 is 2.14 bits per heavy atom. The maximum atomic E-state index is 12.1. The van der Waals surface area contributed by atoms with E-state index in [0.29, 0.717) is 24.3 Å². The van der Waals surface area contributed by atoms with E-state index in [4.69, 9.17) is 5.73 Å². The molecule has 0 spiro atoms. The number of anilines is 2. The van der Waals surface area contributed by atoms with Crippen molar-refractivity contribution in [1.82, 2.24) is 9.97 Å². The third-order valence-electron chi connectivity index (χ3n) is 3.24. The summed E-state index contributed by atoms with van der Waals surface area (Å²) >= 11 is 1.45. The van der Waals surface area contributed by atoms with Crippen LogP contribution in [-0.2, 0) is 6.42 Å². The van der Waals surface area contributed by atoms with Gasteiger partial charge in [0.25, 0.3) is 5.91 Å². The van der Waals surface area contributed by atoms with Crippen molar-refractivity contribution in [2.75, 3.05) is 29.9 Å².